The maximum absolute atomic E-state index is 12.0. The first-order valence-electron chi connectivity index (χ1n) is 6.65. The largest absolute Gasteiger partial charge is 0.469 e. The third-order valence-electron chi connectivity index (χ3n) is 4.55. The third-order valence-corrected chi connectivity index (χ3v) is 4.55. The summed E-state index contributed by atoms with van der Waals surface area (Å²) in [6.07, 6.45) is 3.16. The summed E-state index contributed by atoms with van der Waals surface area (Å²) in [5, 5.41) is 3.41. The van der Waals surface area contributed by atoms with Crippen LogP contribution in [0.4, 0.5) is 0 Å². The van der Waals surface area contributed by atoms with Crippen LogP contribution in [-0.4, -0.2) is 26.2 Å². The van der Waals surface area contributed by atoms with E-state index >= 15 is 0 Å². The van der Waals surface area contributed by atoms with Crippen LogP contribution in [0.1, 0.15) is 36.3 Å². The molecule has 0 amide bonds. The van der Waals surface area contributed by atoms with Crippen molar-refractivity contribution in [3.63, 3.8) is 0 Å². The number of benzene rings is 1. The number of esters is 1. The Morgan fingerprint density at radius 2 is 2.06 bits per heavy atom. The molecule has 0 unspecified atom stereocenters. The maximum Gasteiger partial charge on any atom is 0.313 e. The van der Waals surface area contributed by atoms with Gasteiger partial charge in [0.05, 0.1) is 13.0 Å². The van der Waals surface area contributed by atoms with Gasteiger partial charge in [0.2, 0.25) is 0 Å². The van der Waals surface area contributed by atoms with Crippen molar-refractivity contribution in [2.75, 3.05) is 20.2 Å². The van der Waals surface area contributed by atoms with E-state index in [0.717, 1.165) is 32.4 Å². The number of carbonyl (C=O) groups excluding carboxylic acids is 1. The molecule has 3 nitrogen and oxygen atoms in total. The van der Waals surface area contributed by atoms with Crippen LogP contribution in [0, 0.1) is 0 Å². The van der Waals surface area contributed by atoms with Gasteiger partial charge in [-0.3, -0.25) is 4.79 Å². The second kappa shape index (κ2) is 4.39. The molecule has 1 fully saturated rings. The number of hydrogen-bond donors (Lipinski definition) is 1. The molecule has 1 aliphatic heterocycles. The van der Waals surface area contributed by atoms with Crippen molar-refractivity contribution in [1.29, 1.82) is 0 Å². The summed E-state index contributed by atoms with van der Waals surface area (Å²) in [7, 11) is 1.48. The number of methoxy groups -OCH3 is 1. The average Bonchev–Trinajstić information content (AvgIpc) is 2.74. The van der Waals surface area contributed by atoms with Gasteiger partial charge in [-0.05, 0) is 48.9 Å². The van der Waals surface area contributed by atoms with Crippen LogP contribution in [0.5, 0.6) is 0 Å². The Balaban J connectivity index is 2.03. The molecule has 1 saturated heterocycles. The first-order chi connectivity index (χ1) is 8.77. The van der Waals surface area contributed by atoms with Crippen molar-refractivity contribution in [2.24, 2.45) is 0 Å². The number of carbonyl (C=O) groups is 1. The van der Waals surface area contributed by atoms with Gasteiger partial charge in [-0.1, -0.05) is 24.3 Å². The lowest BCUT2D eigenvalue weighted by Crippen LogP contribution is -2.38. The van der Waals surface area contributed by atoms with Gasteiger partial charge in [-0.25, -0.2) is 0 Å². The molecule has 1 aromatic carbocycles. The Labute approximate surface area is 108 Å². The van der Waals surface area contributed by atoms with Gasteiger partial charge in [-0.2, -0.15) is 0 Å². The molecule has 1 spiro atoms. The highest BCUT2D eigenvalue weighted by Crippen LogP contribution is 2.51. The number of ether oxygens (including phenoxy) is 1. The number of fused-ring (bicyclic) bond motifs is 2. The minimum atomic E-state index is -0.0853. The lowest BCUT2D eigenvalue weighted by Gasteiger charge is -2.35. The highest BCUT2D eigenvalue weighted by Gasteiger charge is 2.46. The molecule has 1 atom stereocenters. The molecule has 0 saturated carbocycles. The Morgan fingerprint density at radius 3 is 2.78 bits per heavy atom. The highest BCUT2D eigenvalue weighted by molar-refractivity contribution is 5.80. The van der Waals surface area contributed by atoms with Crippen molar-refractivity contribution in [1.82, 2.24) is 5.32 Å². The van der Waals surface area contributed by atoms with Gasteiger partial charge in [0.1, 0.15) is 0 Å². The lowest BCUT2D eigenvalue weighted by atomic mass is 9.74. The maximum atomic E-state index is 12.0. The van der Waals surface area contributed by atoms with Gasteiger partial charge in [0.15, 0.2) is 0 Å². The zero-order valence-corrected chi connectivity index (χ0v) is 10.7. The summed E-state index contributed by atoms with van der Waals surface area (Å²) < 4.78 is 4.97. The summed E-state index contributed by atoms with van der Waals surface area (Å²) in [6, 6.07) is 8.40. The first-order valence-corrected chi connectivity index (χ1v) is 6.65. The minimum Gasteiger partial charge on any atom is -0.469 e. The molecule has 96 valence electrons. The van der Waals surface area contributed by atoms with Gasteiger partial charge >= 0.3 is 5.97 Å². The summed E-state index contributed by atoms with van der Waals surface area (Å²) in [6.45, 7) is 2.09. The molecule has 2 aliphatic rings. The second-order valence-corrected chi connectivity index (χ2v) is 5.40. The van der Waals surface area contributed by atoms with Crippen LogP contribution < -0.4 is 5.32 Å². The van der Waals surface area contributed by atoms with E-state index in [2.05, 4.69) is 23.5 Å². The normalized spacial score (nSPS) is 24.8. The topological polar surface area (TPSA) is 38.3 Å². The van der Waals surface area contributed by atoms with E-state index in [9.17, 15) is 4.79 Å². The summed E-state index contributed by atoms with van der Waals surface area (Å²) in [5.41, 5.74) is 2.76. The van der Waals surface area contributed by atoms with Crippen molar-refractivity contribution in [3.8, 4) is 0 Å². The predicted octanol–water partition coefficient (Wildman–Crippen LogP) is 1.97. The zero-order valence-electron chi connectivity index (χ0n) is 10.7. The molecule has 1 N–H and O–H groups in total. The van der Waals surface area contributed by atoms with Crippen molar-refractivity contribution in [2.45, 2.75) is 30.6 Å². The van der Waals surface area contributed by atoms with E-state index in [1.54, 1.807) is 0 Å². The van der Waals surface area contributed by atoms with Gasteiger partial charge in [0, 0.05) is 0 Å². The van der Waals surface area contributed by atoms with E-state index in [-0.39, 0.29) is 17.3 Å². The lowest BCUT2D eigenvalue weighted by molar-refractivity contribution is -0.142. The van der Waals surface area contributed by atoms with E-state index < -0.39 is 0 Å². The van der Waals surface area contributed by atoms with E-state index in [1.807, 2.05) is 6.07 Å². The first kappa shape index (κ1) is 11.7. The molecule has 1 heterocycles. The Bertz CT molecular complexity index is 463. The van der Waals surface area contributed by atoms with Gasteiger partial charge in [0.25, 0.3) is 0 Å². The highest BCUT2D eigenvalue weighted by atomic mass is 16.5. The van der Waals surface area contributed by atoms with E-state index in [4.69, 9.17) is 4.74 Å². The smallest absolute Gasteiger partial charge is 0.313 e. The van der Waals surface area contributed by atoms with Gasteiger partial charge < -0.3 is 10.1 Å². The summed E-state index contributed by atoms with van der Waals surface area (Å²) >= 11 is 0. The number of rotatable bonds is 1. The van der Waals surface area contributed by atoms with E-state index in [0.29, 0.717) is 0 Å². The Kier molecular flexibility index (Phi) is 2.86. The fourth-order valence-corrected chi connectivity index (χ4v) is 3.63. The fraction of sp³-hybridized carbons (Fsp3) is 0.533. The number of nitrogens with one attached hydrogen (secondary N) is 1. The van der Waals surface area contributed by atoms with Crippen LogP contribution in [0.3, 0.4) is 0 Å². The molecule has 3 rings (SSSR count). The quantitative estimate of drug-likeness (QED) is 0.769. The monoisotopic (exact) mass is 245 g/mol. The van der Waals surface area contributed by atoms with Crippen LogP contribution >= 0.6 is 0 Å². The van der Waals surface area contributed by atoms with E-state index in [1.165, 1.54) is 18.2 Å². The van der Waals surface area contributed by atoms with Crippen molar-refractivity contribution in [3.05, 3.63) is 35.4 Å². The predicted molar refractivity (Wildman–Crippen MR) is 69.6 cm³/mol. The molecule has 1 aromatic rings. The van der Waals surface area contributed by atoms with Crippen molar-refractivity contribution >= 4 is 5.97 Å². The third kappa shape index (κ3) is 1.65. The standard InChI is InChI=1S/C15H19NO2/c1-18-14(17)12-10-15(6-8-16-9-7-15)13-5-3-2-4-11(12)13/h2-5,12,16H,6-10H2,1H3/t12-/m0/s1. The summed E-state index contributed by atoms with van der Waals surface area (Å²) in [4.78, 5) is 12.0. The van der Waals surface area contributed by atoms with Crippen LogP contribution in [0.15, 0.2) is 24.3 Å². The van der Waals surface area contributed by atoms with Crippen molar-refractivity contribution < 1.29 is 9.53 Å². The average molecular weight is 245 g/mol. The van der Waals surface area contributed by atoms with Crippen LogP contribution in [0.2, 0.25) is 0 Å². The molecular formula is C15H19NO2. The summed E-state index contributed by atoms with van der Waals surface area (Å²) in [5.74, 6) is -0.151. The second-order valence-electron chi connectivity index (χ2n) is 5.40. The molecule has 1 aliphatic carbocycles. The number of hydrogen-bond acceptors (Lipinski definition) is 3. The molecule has 0 radical (unpaired) electrons. The molecule has 18 heavy (non-hydrogen) atoms. The Hall–Kier alpha value is -1.35. The Morgan fingerprint density at radius 1 is 1.33 bits per heavy atom. The molecule has 0 bridgehead atoms. The molecule has 3 heteroatoms. The minimum absolute atomic E-state index is 0.0655. The van der Waals surface area contributed by atoms with Crippen LogP contribution in [-0.2, 0) is 14.9 Å². The SMILES string of the molecule is COC(=O)[C@H]1CC2(CCNCC2)c2ccccc21. The molecule has 0 aromatic heterocycles. The zero-order chi connectivity index (χ0) is 12.6. The number of piperidine rings is 1. The van der Waals surface area contributed by atoms with Gasteiger partial charge in [-0.15, -0.1) is 0 Å². The van der Waals surface area contributed by atoms with Crippen LogP contribution in [0.25, 0.3) is 0 Å². The fourth-order valence-electron chi connectivity index (χ4n) is 3.63. The molecular weight excluding hydrogens is 226 g/mol.